The molecule has 1 aliphatic carbocycles. The summed E-state index contributed by atoms with van der Waals surface area (Å²) in [6, 6.07) is 8.21. The summed E-state index contributed by atoms with van der Waals surface area (Å²) in [5.74, 6) is 0.992. The summed E-state index contributed by atoms with van der Waals surface area (Å²) < 4.78 is 1.07. The lowest BCUT2D eigenvalue weighted by atomic mass is 9.86. The summed E-state index contributed by atoms with van der Waals surface area (Å²) in [7, 11) is 0. The minimum Gasteiger partial charge on any atom is -0.299 e. The van der Waals surface area contributed by atoms with Crippen molar-refractivity contribution in [2.75, 3.05) is 0 Å². The maximum Gasteiger partial charge on any atom is 0.140 e. The zero-order valence-corrected chi connectivity index (χ0v) is 12.5. The molecule has 0 saturated heterocycles. The van der Waals surface area contributed by atoms with Crippen LogP contribution >= 0.6 is 15.9 Å². The van der Waals surface area contributed by atoms with Crippen molar-refractivity contribution in [1.29, 1.82) is 0 Å². The number of ketones is 1. The van der Waals surface area contributed by atoms with Crippen LogP contribution in [0.3, 0.4) is 0 Å². The van der Waals surface area contributed by atoms with Gasteiger partial charge in [0.1, 0.15) is 5.78 Å². The van der Waals surface area contributed by atoms with Gasteiger partial charge in [0.2, 0.25) is 0 Å². The van der Waals surface area contributed by atoms with Crippen molar-refractivity contribution in [3.8, 4) is 0 Å². The second-order valence-electron chi connectivity index (χ2n) is 5.31. The van der Waals surface area contributed by atoms with E-state index in [0.29, 0.717) is 11.7 Å². The Bertz CT molecular complexity index is 454. The van der Waals surface area contributed by atoms with Crippen LogP contribution in [0.2, 0.25) is 0 Å². The Kier molecular flexibility index (Phi) is 4.39. The number of benzene rings is 1. The minimum absolute atomic E-state index is 0.105. The first-order chi connectivity index (χ1) is 8.58. The Balaban J connectivity index is 2.19. The Labute approximate surface area is 117 Å². The van der Waals surface area contributed by atoms with Gasteiger partial charge in [-0.3, -0.25) is 4.79 Å². The van der Waals surface area contributed by atoms with Crippen LogP contribution in [-0.2, 0) is 4.79 Å². The Morgan fingerprint density at radius 3 is 2.61 bits per heavy atom. The fourth-order valence-corrected chi connectivity index (χ4v) is 2.95. The Morgan fingerprint density at radius 2 is 2.00 bits per heavy atom. The fraction of sp³-hybridized carbons (Fsp3) is 0.438. The zero-order chi connectivity index (χ0) is 13.1. The molecule has 96 valence electrons. The van der Waals surface area contributed by atoms with E-state index in [9.17, 15) is 4.79 Å². The molecule has 0 aromatic heterocycles. The molecule has 0 aliphatic heterocycles. The molecular weight excluding hydrogens is 288 g/mol. The maximum atomic E-state index is 12.1. The summed E-state index contributed by atoms with van der Waals surface area (Å²) in [6.07, 6.45) is 5.05. The topological polar surface area (TPSA) is 17.1 Å². The van der Waals surface area contributed by atoms with Crippen LogP contribution in [0.15, 0.2) is 40.4 Å². The lowest BCUT2D eigenvalue weighted by molar-refractivity contribution is -0.118. The molecule has 2 rings (SSSR count). The molecule has 1 nitrogen and oxygen atoms in total. The van der Waals surface area contributed by atoms with E-state index in [4.69, 9.17) is 0 Å². The highest BCUT2D eigenvalue weighted by molar-refractivity contribution is 9.10. The van der Waals surface area contributed by atoms with Gasteiger partial charge in [-0.15, -0.1) is 0 Å². The van der Waals surface area contributed by atoms with E-state index in [1.807, 2.05) is 12.1 Å². The van der Waals surface area contributed by atoms with E-state index >= 15 is 0 Å². The Morgan fingerprint density at radius 1 is 1.33 bits per heavy atom. The van der Waals surface area contributed by atoms with E-state index in [1.165, 1.54) is 11.1 Å². The van der Waals surface area contributed by atoms with Crippen molar-refractivity contribution in [3.05, 3.63) is 46.0 Å². The van der Waals surface area contributed by atoms with Gasteiger partial charge in [0.25, 0.3) is 0 Å². The molecule has 1 aromatic rings. The largest absolute Gasteiger partial charge is 0.299 e. The van der Waals surface area contributed by atoms with Gasteiger partial charge >= 0.3 is 0 Å². The third kappa shape index (κ3) is 3.11. The Hall–Kier alpha value is -0.890. The van der Waals surface area contributed by atoms with Crippen molar-refractivity contribution in [3.63, 3.8) is 0 Å². The first kappa shape index (κ1) is 13.5. The molecule has 1 aliphatic rings. The van der Waals surface area contributed by atoms with Gasteiger partial charge in [-0.05, 0) is 50.3 Å². The maximum absolute atomic E-state index is 12.1. The number of hydrogen-bond acceptors (Lipinski definition) is 1. The highest BCUT2D eigenvalue weighted by Crippen LogP contribution is 2.39. The second kappa shape index (κ2) is 5.83. The molecule has 0 amide bonds. The zero-order valence-electron chi connectivity index (χ0n) is 10.9. The van der Waals surface area contributed by atoms with Crippen LogP contribution in [0, 0.1) is 5.92 Å². The van der Waals surface area contributed by atoms with Crippen LogP contribution < -0.4 is 0 Å². The number of halogens is 1. The molecule has 0 unspecified atom stereocenters. The number of carbonyl (C=O) groups is 1. The number of rotatable bonds is 3. The van der Waals surface area contributed by atoms with Gasteiger partial charge < -0.3 is 0 Å². The van der Waals surface area contributed by atoms with Crippen molar-refractivity contribution >= 4 is 21.7 Å². The second-order valence-corrected chi connectivity index (χ2v) is 6.23. The third-order valence-electron chi connectivity index (χ3n) is 3.64. The smallest absolute Gasteiger partial charge is 0.140 e. The molecule has 0 radical (unpaired) electrons. The van der Waals surface area contributed by atoms with Crippen LogP contribution in [0.25, 0.3) is 0 Å². The van der Waals surface area contributed by atoms with Crippen molar-refractivity contribution in [2.45, 2.75) is 39.0 Å². The molecule has 2 atom stereocenters. The van der Waals surface area contributed by atoms with Crippen molar-refractivity contribution < 1.29 is 4.79 Å². The monoisotopic (exact) mass is 306 g/mol. The SMILES string of the molecule is CC(C)=CC[C@H]1CCC(=O)[C@@H]1c1ccc(Br)cc1. The molecule has 1 saturated carbocycles. The number of allylic oxidation sites excluding steroid dienone is 2. The molecule has 0 bridgehead atoms. The lowest BCUT2D eigenvalue weighted by Gasteiger charge is -2.17. The van der Waals surface area contributed by atoms with Gasteiger partial charge in [-0.1, -0.05) is 39.7 Å². The molecule has 18 heavy (non-hydrogen) atoms. The van der Waals surface area contributed by atoms with E-state index in [-0.39, 0.29) is 5.92 Å². The van der Waals surface area contributed by atoms with Gasteiger partial charge in [0.05, 0.1) is 0 Å². The quantitative estimate of drug-likeness (QED) is 0.728. The molecule has 0 heterocycles. The molecule has 1 fully saturated rings. The lowest BCUT2D eigenvalue weighted by Crippen LogP contribution is -2.12. The predicted octanol–water partition coefficient (Wildman–Crippen LogP) is 4.87. The third-order valence-corrected chi connectivity index (χ3v) is 4.17. The van der Waals surface area contributed by atoms with Gasteiger partial charge in [0, 0.05) is 16.8 Å². The van der Waals surface area contributed by atoms with E-state index in [2.05, 4.69) is 48.0 Å². The van der Waals surface area contributed by atoms with E-state index in [0.717, 1.165) is 23.7 Å². The van der Waals surface area contributed by atoms with Crippen LogP contribution in [-0.4, -0.2) is 5.78 Å². The summed E-state index contributed by atoms with van der Waals surface area (Å²) in [5.41, 5.74) is 2.51. The van der Waals surface area contributed by atoms with Crippen molar-refractivity contribution in [1.82, 2.24) is 0 Å². The average molecular weight is 307 g/mol. The highest BCUT2D eigenvalue weighted by Gasteiger charge is 2.34. The van der Waals surface area contributed by atoms with Gasteiger partial charge in [-0.2, -0.15) is 0 Å². The summed E-state index contributed by atoms with van der Waals surface area (Å²) in [4.78, 5) is 12.1. The summed E-state index contributed by atoms with van der Waals surface area (Å²) in [5, 5.41) is 0. The van der Waals surface area contributed by atoms with E-state index < -0.39 is 0 Å². The van der Waals surface area contributed by atoms with Gasteiger partial charge in [-0.25, -0.2) is 0 Å². The average Bonchev–Trinajstić information content (AvgIpc) is 2.69. The number of Topliss-reactive ketones (excluding diaryl/α,β-unsaturated/α-hetero) is 1. The number of carbonyl (C=O) groups excluding carboxylic acids is 1. The normalized spacial score (nSPS) is 23.2. The fourth-order valence-electron chi connectivity index (χ4n) is 2.68. The molecular formula is C16H19BrO. The first-order valence-electron chi connectivity index (χ1n) is 6.49. The first-order valence-corrected chi connectivity index (χ1v) is 7.29. The summed E-state index contributed by atoms with van der Waals surface area (Å²) in [6.45, 7) is 4.23. The predicted molar refractivity (Wildman–Crippen MR) is 78.7 cm³/mol. The van der Waals surface area contributed by atoms with Crippen LogP contribution in [0.5, 0.6) is 0 Å². The standard InChI is InChI=1S/C16H19BrO/c1-11(2)3-4-12-7-10-15(18)16(12)13-5-8-14(17)9-6-13/h3,5-6,8-9,12,16H,4,7,10H2,1-2H3/t12-,16-/m0/s1. The van der Waals surface area contributed by atoms with Crippen molar-refractivity contribution in [2.24, 2.45) is 5.92 Å². The molecule has 2 heteroatoms. The highest BCUT2D eigenvalue weighted by atomic mass is 79.9. The summed E-state index contributed by atoms with van der Waals surface area (Å²) >= 11 is 3.44. The molecule has 0 N–H and O–H groups in total. The van der Waals surface area contributed by atoms with Crippen LogP contribution in [0.1, 0.15) is 44.6 Å². The van der Waals surface area contributed by atoms with Gasteiger partial charge in [0.15, 0.2) is 0 Å². The molecule has 1 aromatic carbocycles. The molecule has 0 spiro atoms. The number of hydrogen-bond donors (Lipinski definition) is 0. The van der Waals surface area contributed by atoms with E-state index in [1.54, 1.807) is 0 Å². The van der Waals surface area contributed by atoms with Crippen LogP contribution in [0.4, 0.5) is 0 Å². The minimum atomic E-state index is 0.105.